The Labute approximate surface area is 327 Å². The van der Waals surface area contributed by atoms with Crippen molar-refractivity contribution >= 4 is 29.3 Å². The van der Waals surface area contributed by atoms with E-state index in [1.807, 2.05) is 27.7 Å². The number of ether oxygens (including phenoxy) is 2. The SMILES string of the molecule is CC[C@H](C)[C@@H]([C@@H](CC(=O)N1CCC[C@H]1[C@H](OC)[C@@H](C)C(=O)N(C)[C@H](CC#N)Cc1cccc([N+](=O)[O-])c1)OC)N(C)C(=O)[C@@H](NC(=O)[C@@H](C)N(C)C)C(C)C. The smallest absolute Gasteiger partial charge is 0.269 e. The Morgan fingerprint density at radius 1 is 1.04 bits per heavy atom. The van der Waals surface area contributed by atoms with Crippen LogP contribution in [0.15, 0.2) is 24.3 Å². The predicted octanol–water partition coefficient (Wildman–Crippen LogP) is 3.89. The highest BCUT2D eigenvalue weighted by atomic mass is 16.6. The van der Waals surface area contributed by atoms with Gasteiger partial charge in [0.2, 0.25) is 23.6 Å². The molecule has 15 nitrogen and oxygen atoms in total. The van der Waals surface area contributed by atoms with Gasteiger partial charge in [-0.05, 0) is 57.7 Å². The summed E-state index contributed by atoms with van der Waals surface area (Å²) >= 11 is 0. The van der Waals surface area contributed by atoms with Gasteiger partial charge in [-0.15, -0.1) is 0 Å². The van der Waals surface area contributed by atoms with Crippen molar-refractivity contribution in [2.45, 2.75) is 122 Å². The van der Waals surface area contributed by atoms with E-state index in [1.54, 1.807) is 68.9 Å². The number of likely N-dealkylation sites (N-methyl/N-ethyl adjacent to an activating group) is 3. The number of non-ortho nitro benzene ring substituents is 1. The number of carbonyl (C=O) groups is 4. The second-order valence-electron chi connectivity index (χ2n) is 15.6. The van der Waals surface area contributed by atoms with Gasteiger partial charge in [0.25, 0.3) is 5.69 Å². The lowest BCUT2D eigenvalue weighted by Gasteiger charge is -2.41. The first kappa shape index (κ1) is 47.0. The maximum atomic E-state index is 14.2. The lowest BCUT2D eigenvalue weighted by molar-refractivity contribution is -0.384. The molecule has 15 heteroatoms. The molecule has 0 aliphatic carbocycles. The van der Waals surface area contributed by atoms with Gasteiger partial charge in [-0.25, -0.2) is 0 Å². The summed E-state index contributed by atoms with van der Waals surface area (Å²) in [4.78, 5) is 72.9. The number of nitrogens with one attached hydrogen (secondary N) is 1. The summed E-state index contributed by atoms with van der Waals surface area (Å²) in [5.41, 5.74) is 0.570. The summed E-state index contributed by atoms with van der Waals surface area (Å²) in [5, 5.41) is 23.9. The summed E-state index contributed by atoms with van der Waals surface area (Å²) in [5.74, 6) is -1.89. The molecular formula is C40H65N7O8. The lowest BCUT2D eigenvalue weighted by atomic mass is 9.89. The number of hydrogen-bond acceptors (Lipinski definition) is 10. The number of hydrogen-bond donors (Lipinski definition) is 1. The van der Waals surface area contributed by atoms with Crippen LogP contribution in [0.3, 0.4) is 0 Å². The number of carbonyl (C=O) groups excluding carboxylic acids is 4. The van der Waals surface area contributed by atoms with Crippen molar-refractivity contribution in [2.75, 3.05) is 49.0 Å². The predicted molar refractivity (Wildman–Crippen MR) is 210 cm³/mol. The third-order valence-corrected chi connectivity index (χ3v) is 11.4. The Balaban J connectivity index is 2.30. The average Bonchev–Trinajstić information content (AvgIpc) is 3.64. The molecule has 1 aliphatic heterocycles. The van der Waals surface area contributed by atoms with Crippen molar-refractivity contribution in [2.24, 2.45) is 17.8 Å². The monoisotopic (exact) mass is 771 g/mol. The molecule has 0 aromatic heterocycles. The third-order valence-electron chi connectivity index (χ3n) is 11.4. The van der Waals surface area contributed by atoms with E-state index in [0.717, 1.165) is 0 Å². The summed E-state index contributed by atoms with van der Waals surface area (Å²) in [6.45, 7) is 11.8. The van der Waals surface area contributed by atoms with E-state index < -0.39 is 53.3 Å². The third kappa shape index (κ3) is 12.2. The molecule has 1 saturated heterocycles. The average molecular weight is 772 g/mol. The molecule has 1 aromatic rings. The maximum absolute atomic E-state index is 14.2. The van der Waals surface area contributed by atoms with E-state index in [0.29, 0.717) is 31.4 Å². The zero-order chi connectivity index (χ0) is 41.7. The fraction of sp³-hybridized carbons (Fsp3) is 0.725. The quantitative estimate of drug-likeness (QED) is 0.142. The number of methoxy groups -OCH3 is 2. The van der Waals surface area contributed by atoms with E-state index in [9.17, 15) is 34.6 Å². The molecule has 0 unspecified atom stereocenters. The van der Waals surface area contributed by atoms with Gasteiger partial charge in [0.1, 0.15) is 6.04 Å². The Hall–Kier alpha value is -4.13. The Bertz CT molecular complexity index is 1500. The molecule has 1 aromatic carbocycles. The molecule has 9 atom stereocenters. The Morgan fingerprint density at radius 3 is 2.22 bits per heavy atom. The number of nitro benzene ring substituents is 1. The minimum atomic E-state index is -0.777. The second-order valence-corrected chi connectivity index (χ2v) is 15.6. The van der Waals surface area contributed by atoms with E-state index in [1.165, 1.54) is 31.3 Å². The van der Waals surface area contributed by atoms with Crippen molar-refractivity contribution in [3.63, 3.8) is 0 Å². The van der Waals surface area contributed by atoms with Gasteiger partial charge in [-0.1, -0.05) is 53.2 Å². The first-order valence-electron chi connectivity index (χ1n) is 19.3. The molecule has 1 N–H and O–H groups in total. The number of nitro groups is 1. The van der Waals surface area contributed by atoms with E-state index >= 15 is 0 Å². The molecule has 0 saturated carbocycles. The minimum absolute atomic E-state index is 0.0118. The molecule has 0 spiro atoms. The number of nitriles is 1. The van der Waals surface area contributed by atoms with Crippen molar-refractivity contribution in [3.8, 4) is 6.07 Å². The van der Waals surface area contributed by atoms with Crippen molar-refractivity contribution in [1.82, 2.24) is 24.9 Å². The van der Waals surface area contributed by atoms with Crippen LogP contribution in [-0.4, -0.2) is 140 Å². The fourth-order valence-corrected chi connectivity index (χ4v) is 7.56. The molecular weight excluding hydrogens is 706 g/mol. The second kappa shape index (κ2) is 21.8. The van der Waals surface area contributed by atoms with Crippen molar-refractivity contribution < 1.29 is 33.6 Å². The number of rotatable bonds is 21. The topological polar surface area (TPSA) is 179 Å². The number of nitrogens with zero attached hydrogens (tertiary/aromatic N) is 6. The molecule has 0 radical (unpaired) electrons. The van der Waals surface area contributed by atoms with Crippen LogP contribution < -0.4 is 5.32 Å². The van der Waals surface area contributed by atoms with Gasteiger partial charge >= 0.3 is 0 Å². The normalized spacial score (nSPS) is 18.7. The molecule has 1 heterocycles. The largest absolute Gasteiger partial charge is 0.379 e. The zero-order valence-electron chi connectivity index (χ0n) is 35.0. The molecule has 1 fully saturated rings. The Morgan fingerprint density at radius 2 is 1.69 bits per heavy atom. The van der Waals surface area contributed by atoms with Crippen LogP contribution in [0, 0.1) is 39.2 Å². The molecule has 55 heavy (non-hydrogen) atoms. The van der Waals surface area contributed by atoms with Gasteiger partial charge in [-0.2, -0.15) is 5.26 Å². The fourth-order valence-electron chi connectivity index (χ4n) is 7.56. The van der Waals surface area contributed by atoms with Gasteiger partial charge in [0.05, 0.1) is 60.1 Å². The maximum Gasteiger partial charge on any atom is 0.269 e. The van der Waals surface area contributed by atoms with E-state index in [2.05, 4.69) is 11.4 Å². The highest BCUT2D eigenvalue weighted by molar-refractivity contribution is 5.90. The molecule has 0 bridgehead atoms. The summed E-state index contributed by atoms with van der Waals surface area (Å²) < 4.78 is 12.0. The van der Waals surface area contributed by atoms with Crippen molar-refractivity contribution in [3.05, 3.63) is 39.9 Å². The van der Waals surface area contributed by atoms with Gasteiger partial charge in [0.15, 0.2) is 0 Å². The van der Waals surface area contributed by atoms with E-state index in [-0.39, 0.29) is 60.4 Å². The van der Waals surface area contributed by atoms with Gasteiger partial charge in [0, 0.05) is 53.0 Å². The van der Waals surface area contributed by atoms with Crippen LogP contribution in [0.4, 0.5) is 5.69 Å². The van der Waals surface area contributed by atoms with Crippen LogP contribution in [0.5, 0.6) is 0 Å². The first-order valence-corrected chi connectivity index (χ1v) is 19.3. The standard InChI is InChI=1S/C40H65N7O8/c1-13-26(4)36(45(10)40(51)35(25(2)3)42-38(49)28(6)43(7)8)33(54-11)24-34(48)46-21-15-18-32(46)37(55-12)27(5)39(50)44(9)30(19-20-41)22-29-16-14-17-31(23-29)47(52)53/h14,16-17,23,25-28,30,32-33,35-37H,13,15,18-19,21-22,24H2,1-12H3,(H,42,49)/t26-,27+,28+,30+,32-,33+,35-,36-,37+/m0/s1. The lowest BCUT2D eigenvalue weighted by Crippen LogP contribution is -2.59. The number of likely N-dealkylation sites (tertiary alicyclic amines) is 1. The summed E-state index contributed by atoms with van der Waals surface area (Å²) in [7, 11) is 9.98. The van der Waals surface area contributed by atoms with Crippen LogP contribution in [0.25, 0.3) is 0 Å². The highest BCUT2D eigenvalue weighted by Gasteiger charge is 2.43. The molecule has 1 aliphatic rings. The zero-order valence-corrected chi connectivity index (χ0v) is 35.0. The molecule has 4 amide bonds. The number of amides is 4. The van der Waals surface area contributed by atoms with E-state index in [4.69, 9.17) is 9.47 Å². The number of benzene rings is 1. The first-order chi connectivity index (χ1) is 25.9. The molecule has 2 rings (SSSR count). The summed E-state index contributed by atoms with van der Waals surface area (Å²) in [6.07, 6.45) is 0.993. The minimum Gasteiger partial charge on any atom is -0.379 e. The highest BCUT2D eigenvalue weighted by Crippen LogP contribution is 2.31. The summed E-state index contributed by atoms with van der Waals surface area (Å²) in [6, 6.07) is 5.66. The van der Waals surface area contributed by atoms with Crippen molar-refractivity contribution in [1.29, 1.82) is 5.26 Å². The van der Waals surface area contributed by atoms with Crippen LogP contribution >= 0.6 is 0 Å². The van der Waals surface area contributed by atoms with Gasteiger partial charge < -0.3 is 29.5 Å². The van der Waals surface area contributed by atoms with Gasteiger partial charge in [-0.3, -0.25) is 34.2 Å². The van der Waals surface area contributed by atoms with Crippen LogP contribution in [0.2, 0.25) is 0 Å². The van der Waals surface area contributed by atoms with Crippen LogP contribution in [0.1, 0.15) is 79.2 Å². The van der Waals surface area contributed by atoms with Crippen LogP contribution in [-0.2, 0) is 35.1 Å². The molecule has 308 valence electrons. The Kier molecular flexibility index (Phi) is 18.7.